The summed E-state index contributed by atoms with van der Waals surface area (Å²) in [5.74, 6) is -3.86. The van der Waals surface area contributed by atoms with Gasteiger partial charge in [-0.05, 0) is 31.0 Å². The Balaban J connectivity index is 1.35. The summed E-state index contributed by atoms with van der Waals surface area (Å²) in [4.78, 5) is 25.6. The summed E-state index contributed by atoms with van der Waals surface area (Å²) in [7, 11) is 1.73. The Morgan fingerprint density at radius 1 is 1.29 bits per heavy atom. The molecule has 14 heteroatoms. The summed E-state index contributed by atoms with van der Waals surface area (Å²) in [6.07, 6.45) is 4.02. The minimum absolute atomic E-state index is 0.0894. The lowest BCUT2D eigenvalue weighted by molar-refractivity contribution is -0.139. The van der Waals surface area contributed by atoms with Gasteiger partial charge in [-0.15, -0.1) is 5.10 Å². The summed E-state index contributed by atoms with van der Waals surface area (Å²) in [6.45, 7) is 1.54. The van der Waals surface area contributed by atoms with E-state index in [0.29, 0.717) is 40.2 Å². The highest BCUT2D eigenvalue weighted by Crippen LogP contribution is 2.36. The molecule has 0 saturated carbocycles. The number of nitrogens with zero attached hydrogens (tertiary/aromatic N) is 9. The zero-order valence-corrected chi connectivity index (χ0v) is 20.7. The number of alkyl halides is 2. The van der Waals surface area contributed by atoms with Crippen LogP contribution in [0.15, 0.2) is 43.0 Å². The van der Waals surface area contributed by atoms with Gasteiger partial charge in [0.1, 0.15) is 24.3 Å². The number of piperidine rings is 1. The summed E-state index contributed by atoms with van der Waals surface area (Å²) < 4.78 is 37.8. The first-order chi connectivity index (χ1) is 18.2. The summed E-state index contributed by atoms with van der Waals surface area (Å²) in [5, 5.41) is 21.6. The molecule has 1 saturated heterocycles. The molecule has 12 nitrogen and oxygen atoms in total. The molecular formula is C24H25F2N9O3. The van der Waals surface area contributed by atoms with E-state index in [2.05, 4.69) is 30.4 Å². The summed E-state index contributed by atoms with van der Waals surface area (Å²) in [6, 6.07) is 6.83. The van der Waals surface area contributed by atoms with Crippen LogP contribution in [0.3, 0.4) is 0 Å². The number of anilines is 1. The van der Waals surface area contributed by atoms with Crippen LogP contribution < -0.4 is 9.64 Å². The van der Waals surface area contributed by atoms with E-state index in [9.17, 15) is 13.6 Å². The number of hydrogen-bond acceptors (Lipinski definition) is 9. The highest BCUT2D eigenvalue weighted by atomic mass is 19.3. The lowest BCUT2D eigenvalue weighted by atomic mass is 9.92. The number of aromatic nitrogens is 8. The molecule has 4 aromatic rings. The molecule has 0 aliphatic carbocycles. The molecule has 0 aromatic carbocycles. The van der Waals surface area contributed by atoms with Gasteiger partial charge < -0.3 is 14.7 Å². The molecule has 4 aromatic heterocycles. The van der Waals surface area contributed by atoms with E-state index in [-0.39, 0.29) is 19.6 Å². The third kappa shape index (κ3) is 5.43. The van der Waals surface area contributed by atoms with Crippen molar-refractivity contribution in [2.24, 2.45) is 13.0 Å². The molecule has 0 spiro atoms. The van der Waals surface area contributed by atoms with Crippen molar-refractivity contribution in [3.63, 3.8) is 0 Å². The van der Waals surface area contributed by atoms with Gasteiger partial charge >= 0.3 is 5.97 Å². The first-order valence-corrected chi connectivity index (χ1v) is 11.8. The van der Waals surface area contributed by atoms with Gasteiger partial charge in [0, 0.05) is 38.5 Å². The van der Waals surface area contributed by atoms with Crippen LogP contribution in [-0.2, 0) is 18.4 Å². The van der Waals surface area contributed by atoms with Gasteiger partial charge in [-0.3, -0.25) is 4.79 Å². The van der Waals surface area contributed by atoms with Crippen molar-refractivity contribution in [2.45, 2.75) is 32.3 Å². The van der Waals surface area contributed by atoms with Crippen LogP contribution in [0.2, 0.25) is 0 Å². The zero-order chi connectivity index (χ0) is 26.9. The predicted octanol–water partition coefficient (Wildman–Crippen LogP) is 2.68. The second kappa shape index (κ2) is 10.1. The maximum atomic E-state index is 14.4. The average molecular weight is 526 g/mol. The largest absolute Gasteiger partial charge is 0.481 e. The highest BCUT2D eigenvalue weighted by Gasteiger charge is 2.41. The van der Waals surface area contributed by atoms with Gasteiger partial charge in [0.15, 0.2) is 5.82 Å². The quantitative estimate of drug-likeness (QED) is 0.365. The molecule has 1 fully saturated rings. The van der Waals surface area contributed by atoms with E-state index in [1.807, 2.05) is 0 Å². The number of hydrogen-bond donors (Lipinski definition) is 1. The number of aryl methyl sites for hydroxylation is 2. The summed E-state index contributed by atoms with van der Waals surface area (Å²) in [5.41, 5.74) is 2.67. The minimum atomic E-state index is -2.99. The fourth-order valence-corrected chi connectivity index (χ4v) is 4.61. The van der Waals surface area contributed by atoms with Crippen LogP contribution >= 0.6 is 0 Å². The highest BCUT2D eigenvalue weighted by molar-refractivity contribution is 5.67. The molecule has 0 amide bonds. The Labute approximate surface area is 215 Å². The number of halogens is 2. The minimum Gasteiger partial charge on any atom is -0.481 e. The number of carboxylic acids is 1. The number of aliphatic carboxylic acids is 1. The molecule has 38 heavy (non-hydrogen) atoms. The van der Waals surface area contributed by atoms with Crippen molar-refractivity contribution >= 4 is 11.7 Å². The lowest BCUT2D eigenvalue weighted by Gasteiger charge is -2.39. The smallest absolute Gasteiger partial charge is 0.303 e. The Morgan fingerprint density at radius 2 is 2.13 bits per heavy atom. The van der Waals surface area contributed by atoms with Gasteiger partial charge in [-0.2, -0.15) is 5.10 Å². The van der Waals surface area contributed by atoms with Gasteiger partial charge in [0.05, 0.1) is 30.0 Å². The normalized spacial score (nSPS) is 16.9. The number of carboxylic acid groups (broad SMARTS) is 1. The second-order valence-electron chi connectivity index (χ2n) is 9.17. The van der Waals surface area contributed by atoms with Crippen LogP contribution in [0.25, 0.3) is 17.2 Å². The molecule has 5 rings (SSSR count). The zero-order valence-electron chi connectivity index (χ0n) is 20.7. The van der Waals surface area contributed by atoms with Crippen LogP contribution in [0, 0.1) is 12.8 Å². The van der Waals surface area contributed by atoms with Crippen LogP contribution in [0.5, 0.6) is 5.88 Å². The van der Waals surface area contributed by atoms with Crippen LogP contribution in [-0.4, -0.2) is 69.8 Å². The predicted molar refractivity (Wildman–Crippen MR) is 130 cm³/mol. The Kier molecular flexibility index (Phi) is 6.70. The van der Waals surface area contributed by atoms with Gasteiger partial charge in [-0.1, -0.05) is 5.21 Å². The summed E-state index contributed by atoms with van der Waals surface area (Å²) >= 11 is 0. The van der Waals surface area contributed by atoms with Crippen molar-refractivity contribution < 1.29 is 23.4 Å². The Morgan fingerprint density at radius 3 is 2.87 bits per heavy atom. The van der Waals surface area contributed by atoms with Crippen LogP contribution in [0.4, 0.5) is 14.5 Å². The van der Waals surface area contributed by atoms with Crippen molar-refractivity contribution in [3.8, 4) is 23.1 Å². The SMILES string of the molecule is Cc1nc(-c2nnn(C)c2COc2cc(-n3cccn3)ncn2)ccc1N1C[C@@H](CC(=O)O)CC(F)(F)C1. The van der Waals surface area contributed by atoms with Gasteiger partial charge in [0.25, 0.3) is 5.92 Å². The van der Waals surface area contributed by atoms with E-state index >= 15 is 0 Å². The lowest BCUT2D eigenvalue weighted by Crippen LogP contribution is -2.48. The molecule has 1 N–H and O–H groups in total. The Bertz CT molecular complexity index is 1440. The molecule has 0 bridgehead atoms. The van der Waals surface area contributed by atoms with Crippen molar-refractivity contribution in [1.82, 2.24) is 39.7 Å². The van der Waals surface area contributed by atoms with E-state index in [0.717, 1.165) is 0 Å². The maximum absolute atomic E-state index is 14.4. The third-order valence-electron chi connectivity index (χ3n) is 6.26. The molecular weight excluding hydrogens is 500 g/mol. The monoisotopic (exact) mass is 525 g/mol. The standard InChI is InChI=1S/C24H25F2N9O3/c1-15-18(34-11-16(8-22(36)37)10-24(25,26)13-34)5-4-17(30-15)23-19(33(2)32-31-23)12-38-21-9-20(27-14-28-21)35-7-3-6-29-35/h3-7,9,14,16H,8,10-13H2,1-2H3,(H,36,37)/t16-/m0/s1. The van der Waals surface area contributed by atoms with Crippen LogP contribution in [0.1, 0.15) is 24.2 Å². The topological polar surface area (TPSA) is 137 Å². The van der Waals surface area contributed by atoms with Gasteiger partial charge in [-0.25, -0.2) is 33.1 Å². The molecule has 5 heterocycles. The van der Waals surface area contributed by atoms with E-state index in [1.54, 1.807) is 60.0 Å². The molecule has 0 radical (unpaired) electrons. The molecule has 198 valence electrons. The van der Waals surface area contributed by atoms with Crippen molar-refractivity contribution in [2.75, 3.05) is 18.0 Å². The molecule has 1 aliphatic rings. The number of rotatable bonds is 8. The number of pyridine rings is 1. The van der Waals surface area contributed by atoms with E-state index in [1.165, 1.54) is 11.2 Å². The number of carbonyl (C=O) groups is 1. The van der Waals surface area contributed by atoms with Crippen molar-refractivity contribution in [1.29, 1.82) is 0 Å². The van der Waals surface area contributed by atoms with Gasteiger partial charge in [0.2, 0.25) is 5.88 Å². The van der Waals surface area contributed by atoms with E-state index < -0.39 is 30.8 Å². The van der Waals surface area contributed by atoms with Crippen molar-refractivity contribution in [3.05, 3.63) is 54.4 Å². The molecule has 1 atom stereocenters. The van der Waals surface area contributed by atoms with E-state index in [4.69, 9.17) is 9.84 Å². The third-order valence-corrected chi connectivity index (χ3v) is 6.26. The Hall–Kier alpha value is -4.49. The molecule has 1 aliphatic heterocycles. The fourth-order valence-electron chi connectivity index (χ4n) is 4.61. The maximum Gasteiger partial charge on any atom is 0.303 e. The molecule has 0 unspecified atom stereocenters. The first kappa shape index (κ1) is 25.2. The average Bonchev–Trinajstić information content (AvgIpc) is 3.51. The second-order valence-corrected chi connectivity index (χ2v) is 9.17. The first-order valence-electron chi connectivity index (χ1n) is 11.8. The fraction of sp³-hybridized carbons (Fsp3) is 0.375. The number of ether oxygens (including phenoxy) is 1.